The molecule has 15 heavy (non-hydrogen) atoms. The van der Waals surface area contributed by atoms with E-state index in [-0.39, 0.29) is 5.91 Å². The summed E-state index contributed by atoms with van der Waals surface area (Å²) in [5, 5.41) is 6.75. The minimum Gasteiger partial charge on any atom is -0.345 e. The summed E-state index contributed by atoms with van der Waals surface area (Å²) in [5.41, 5.74) is 0.883. The zero-order valence-corrected chi connectivity index (χ0v) is 9.08. The van der Waals surface area contributed by atoms with E-state index in [1.165, 1.54) is 6.92 Å². The molecule has 0 atom stereocenters. The summed E-state index contributed by atoms with van der Waals surface area (Å²) in [6.07, 6.45) is 4.70. The number of amides is 1. The van der Waals surface area contributed by atoms with Crippen LogP contribution in [0.4, 0.5) is 0 Å². The van der Waals surface area contributed by atoms with Crippen molar-refractivity contribution in [2.24, 2.45) is 0 Å². The van der Waals surface area contributed by atoms with Gasteiger partial charge in [0.25, 0.3) is 0 Å². The van der Waals surface area contributed by atoms with Gasteiger partial charge in [-0.15, -0.1) is 0 Å². The van der Waals surface area contributed by atoms with Gasteiger partial charge in [-0.3, -0.25) is 9.48 Å². The van der Waals surface area contributed by atoms with Crippen molar-refractivity contribution in [2.75, 3.05) is 6.54 Å². The number of nitrogens with one attached hydrogen (secondary N) is 1. The van der Waals surface area contributed by atoms with Gasteiger partial charge < -0.3 is 5.32 Å². The quantitative estimate of drug-likeness (QED) is 0.741. The summed E-state index contributed by atoms with van der Waals surface area (Å²) in [6.45, 7) is 4.87. The number of hydrogen-bond acceptors (Lipinski definition) is 2. The van der Waals surface area contributed by atoms with Crippen LogP contribution in [-0.4, -0.2) is 22.2 Å². The smallest absolute Gasteiger partial charge is 0.217 e. The van der Waals surface area contributed by atoms with Gasteiger partial charge in [0.05, 0.1) is 18.3 Å². The van der Waals surface area contributed by atoms with Crippen molar-refractivity contribution in [3.05, 3.63) is 18.0 Å². The lowest BCUT2D eigenvalue weighted by molar-refractivity contribution is -0.118. The highest BCUT2D eigenvalue weighted by atomic mass is 16.1. The van der Waals surface area contributed by atoms with E-state index in [1.807, 2.05) is 10.9 Å². The molecule has 1 aromatic heterocycles. The molecule has 0 aliphatic heterocycles. The van der Waals surface area contributed by atoms with E-state index in [4.69, 9.17) is 0 Å². The van der Waals surface area contributed by atoms with Gasteiger partial charge in [0.15, 0.2) is 0 Å². The lowest BCUT2D eigenvalue weighted by atomic mass is 10.3. The Balaban J connectivity index is 2.45. The molecule has 1 aromatic rings. The van der Waals surface area contributed by atoms with Crippen LogP contribution in [0.5, 0.6) is 0 Å². The summed E-state index contributed by atoms with van der Waals surface area (Å²) < 4.78 is 1.86. The summed E-state index contributed by atoms with van der Waals surface area (Å²) in [7, 11) is 0. The van der Waals surface area contributed by atoms with Crippen LogP contribution >= 0.6 is 0 Å². The number of carbonyl (C=O) groups excluding carboxylic acids is 1. The second-order valence-corrected chi connectivity index (χ2v) is 3.20. The molecule has 0 fully saturated rings. The average molecular weight is 205 g/mol. The maximum absolute atomic E-state index is 10.5. The maximum atomic E-state index is 10.5. The number of aryl methyl sites for hydroxylation is 1. The lowest BCUT2D eigenvalue weighted by Crippen LogP contribution is -2.19. The molecule has 0 spiro atoms. The zero-order chi connectivity index (χ0) is 11.1. The van der Waals surface area contributed by atoms with Crippen molar-refractivity contribution in [1.29, 1.82) is 0 Å². The van der Waals surface area contributed by atoms with E-state index < -0.39 is 0 Å². The van der Waals surface area contributed by atoms with Crippen LogP contribution in [0.3, 0.4) is 0 Å². The molecular formula is C11H15N3O. The molecule has 4 heteroatoms. The number of nitrogens with zero attached hydrogens (tertiary/aromatic N) is 2. The number of aromatic nitrogens is 2. The fourth-order valence-corrected chi connectivity index (χ4v) is 1.09. The topological polar surface area (TPSA) is 46.9 Å². The highest BCUT2D eigenvalue weighted by Gasteiger charge is 1.93. The van der Waals surface area contributed by atoms with E-state index in [9.17, 15) is 4.79 Å². The largest absolute Gasteiger partial charge is 0.345 e. The highest BCUT2D eigenvalue weighted by molar-refractivity contribution is 5.73. The van der Waals surface area contributed by atoms with Crippen LogP contribution in [0, 0.1) is 11.8 Å². The minimum atomic E-state index is -0.0639. The number of hydrogen-bond donors (Lipinski definition) is 1. The van der Waals surface area contributed by atoms with Crippen LogP contribution in [0.25, 0.3) is 0 Å². The Morgan fingerprint density at radius 1 is 1.67 bits per heavy atom. The first-order chi connectivity index (χ1) is 7.22. The third-order valence-corrected chi connectivity index (χ3v) is 1.74. The van der Waals surface area contributed by atoms with E-state index in [0.717, 1.165) is 18.5 Å². The van der Waals surface area contributed by atoms with Crippen LogP contribution < -0.4 is 5.32 Å². The van der Waals surface area contributed by atoms with Gasteiger partial charge in [-0.1, -0.05) is 18.8 Å². The van der Waals surface area contributed by atoms with Crippen molar-refractivity contribution in [3.8, 4) is 11.8 Å². The molecule has 0 saturated heterocycles. The third-order valence-electron chi connectivity index (χ3n) is 1.74. The van der Waals surface area contributed by atoms with Crippen molar-refractivity contribution in [2.45, 2.75) is 26.8 Å². The van der Waals surface area contributed by atoms with Gasteiger partial charge in [0.1, 0.15) is 0 Å². The summed E-state index contributed by atoms with van der Waals surface area (Å²) in [4.78, 5) is 10.5. The standard InChI is InChI=1S/C11H15N3O/c1-3-7-14-9-11(8-13-14)5-4-6-12-10(2)15/h8-9H,3,6-7H2,1-2H3,(H,12,15). The Kier molecular flexibility index (Phi) is 4.42. The Morgan fingerprint density at radius 2 is 2.47 bits per heavy atom. The van der Waals surface area contributed by atoms with Crippen molar-refractivity contribution < 1.29 is 4.79 Å². The van der Waals surface area contributed by atoms with Gasteiger partial charge in [0, 0.05) is 19.7 Å². The normalized spacial score (nSPS) is 9.20. The van der Waals surface area contributed by atoms with Crippen molar-refractivity contribution in [3.63, 3.8) is 0 Å². The van der Waals surface area contributed by atoms with Gasteiger partial charge in [-0.2, -0.15) is 5.10 Å². The average Bonchev–Trinajstić information content (AvgIpc) is 2.61. The SMILES string of the molecule is CCCn1cc(C#CCNC(C)=O)cn1. The predicted octanol–water partition coefficient (Wildman–Crippen LogP) is 0.781. The third kappa shape index (κ3) is 4.32. The predicted molar refractivity (Wildman–Crippen MR) is 58.1 cm³/mol. The Bertz CT molecular complexity index is 384. The van der Waals surface area contributed by atoms with Gasteiger partial charge in [0.2, 0.25) is 5.91 Å². The first-order valence-electron chi connectivity index (χ1n) is 4.98. The van der Waals surface area contributed by atoms with E-state index >= 15 is 0 Å². The molecular weight excluding hydrogens is 190 g/mol. The van der Waals surface area contributed by atoms with Gasteiger partial charge in [-0.05, 0) is 6.42 Å². The van der Waals surface area contributed by atoms with Crippen molar-refractivity contribution in [1.82, 2.24) is 15.1 Å². The zero-order valence-electron chi connectivity index (χ0n) is 9.08. The monoisotopic (exact) mass is 205 g/mol. The Hall–Kier alpha value is -1.76. The summed E-state index contributed by atoms with van der Waals surface area (Å²) in [6, 6.07) is 0. The highest BCUT2D eigenvalue weighted by Crippen LogP contribution is 1.95. The molecule has 0 saturated carbocycles. The summed E-state index contributed by atoms with van der Waals surface area (Å²) >= 11 is 0. The Labute approximate surface area is 89.7 Å². The maximum Gasteiger partial charge on any atom is 0.217 e. The van der Waals surface area contributed by atoms with Crippen molar-refractivity contribution >= 4 is 5.91 Å². The first kappa shape index (κ1) is 11.3. The second kappa shape index (κ2) is 5.86. The minimum absolute atomic E-state index is 0.0639. The molecule has 1 amide bonds. The first-order valence-corrected chi connectivity index (χ1v) is 4.98. The molecule has 1 rings (SSSR count). The van der Waals surface area contributed by atoms with E-state index in [2.05, 4.69) is 29.2 Å². The summed E-state index contributed by atoms with van der Waals surface area (Å²) in [5.74, 6) is 5.72. The molecule has 1 heterocycles. The number of rotatable bonds is 3. The molecule has 0 aromatic carbocycles. The van der Waals surface area contributed by atoms with Crippen LogP contribution in [0.15, 0.2) is 12.4 Å². The fourth-order valence-electron chi connectivity index (χ4n) is 1.09. The Morgan fingerprint density at radius 3 is 3.13 bits per heavy atom. The van der Waals surface area contributed by atoms with E-state index in [0.29, 0.717) is 6.54 Å². The van der Waals surface area contributed by atoms with Crippen LogP contribution in [0.2, 0.25) is 0 Å². The lowest BCUT2D eigenvalue weighted by Gasteiger charge is -1.93. The molecule has 1 N–H and O–H groups in total. The molecule has 0 aliphatic rings. The van der Waals surface area contributed by atoms with Gasteiger partial charge in [-0.25, -0.2) is 0 Å². The van der Waals surface area contributed by atoms with Crippen LogP contribution in [-0.2, 0) is 11.3 Å². The fraction of sp³-hybridized carbons (Fsp3) is 0.455. The van der Waals surface area contributed by atoms with Crippen LogP contribution in [0.1, 0.15) is 25.8 Å². The van der Waals surface area contributed by atoms with E-state index in [1.54, 1.807) is 6.20 Å². The molecule has 80 valence electrons. The molecule has 0 unspecified atom stereocenters. The van der Waals surface area contributed by atoms with Gasteiger partial charge >= 0.3 is 0 Å². The number of carbonyl (C=O) groups is 1. The molecule has 0 radical (unpaired) electrons. The molecule has 0 aliphatic carbocycles. The molecule has 0 bridgehead atoms. The molecule has 4 nitrogen and oxygen atoms in total. The second-order valence-electron chi connectivity index (χ2n) is 3.20.